The van der Waals surface area contributed by atoms with Gasteiger partial charge in [0.1, 0.15) is 0 Å². The van der Waals surface area contributed by atoms with E-state index in [-0.39, 0.29) is 17.3 Å². The van der Waals surface area contributed by atoms with E-state index >= 15 is 0 Å². The average molecular weight is 142 g/mol. The van der Waals surface area contributed by atoms with Gasteiger partial charge in [-0.15, -0.1) is 0 Å². The van der Waals surface area contributed by atoms with E-state index < -0.39 is 0 Å². The number of carbonyl (C=O) groups is 1. The van der Waals surface area contributed by atoms with E-state index in [2.05, 4.69) is 13.8 Å². The smallest absolute Gasteiger partial charge is 0.308 e. The molecule has 0 aromatic rings. The van der Waals surface area contributed by atoms with Crippen LogP contribution < -0.4 is 0 Å². The number of esters is 1. The highest BCUT2D eigenvalue weighted by Crippen LogP contribution is 2.30. The minimum atomic E-state index is -0.0423. The summed E-state index contributed by atoms with van der Waals surface area (Å²) in [6.45, 7) is 6.74. The molecule has 0 aliphatic carbocycles. The lowest BCUT2D eigenvalue weighted by Crippen LogP contribution is -2.34. The summed E-state index contributed by atoms with van der Waals surface area (Å²) in [5.74, 6) is 0.0445. The summed E-state index contributed by atoms with van der Waals surface area (Å²) in [5, 5.41) is 0. The molecule has 1 unspecified atom stereocenters. The Balaban J connectivity index is 2.57. The Hall–Kier alpha value is -0.530. The molecule has 2 nitrogen and oxygen atoms in total. The van der Waals surface area contributed by atoms with Crippen molar-refractivity contribution in [1.82, 2.24) is 0 Å². The molecule has 1 heterocycles. The van der Waals surface area contributed by atoms with Gasteiger partial charge in [0.25, 0.3) is 0 Å². The van der Waals surface area contributed by atoms with Crippen LogP contribution in [-0.2, 0) is 9.53 Å². The zero-order valence-electron chi connectivity index (χ0n) is 6.81. The van der Waals surface area contributed by atoms with Crippen LogP contribution in [0.25, 0.3) is 0 Å². The third kappa shape index (κ3) is 1.49. The highest BCUT2D eigenvalue weighted by atomic mass is 16.5. The molecule has 1 saturated heterocycles. The zero-order valence-corrected chi connectivity index (χ0v) is 6.81. The maximum Gasteiger partial charge on any atom is 0.308 e. The van der Waals surface area contributed by atoms with Gasteiger partial charge in [0.15, 0.2) is 0 Å². The highest BCUT2D eigenvalue weighted by Gasteiger charge is 2.32. The van der Waals surface area contributed by atoms with Gasteiger partial charge in [0.2, 0.25) is 0 Å². The standard InChI is InChI=1S/C8H14O2/c1-6-4-8(2,3)5-10-7(6)9/h6H,4-5H2,1-3H3. The molecule has 1 rings (SSSR count). The second-order valence-electron chi connectivity index (χ2n) is 3.88. The predicted octanol–water partition coefficient (Wildman–Crippen LogP) is 1.60. The van der Waals surface area contributed by atoms with E-state index in [1.165, 1.54) is 0 Å². The van der Waals surface area contributed by atoms with Crippen LogP contribution in [0.2, 0.25) is 0 Å². The molecule has 0 radical (unpaired) electrons. The lowest BCUT2D eigenvalue weighted by Gasteiger charge is -2.32. The van der Waals surface area contributed by atoms with Crippen LogP contribution in [-0.4, -0.2) is 12.6 Å². The Labute approximate surface area is 61.6 Å². The van der Waals surface area contributed by atoms with E-state index in [0.717, 1.165) is 6.42 Å². The molecule has 0 amide bonds. The van der Waals surface area contributed by atoms with Gasteiger partial charge in [-0.25, -0.2) is 0 Å². The van der Waals surface area contributed by atoms with Crippen molar-refractivity contribution < 1.29 is 9.53 Å². The molecule has 1 aliphatic rings. The molecular weight excluding hydrogens is 128 g/mol. The fourth-order valence-electron chi connectivity index (χ4n) is 1.38. The van der Waals surface area contributed by atoms with Gasteiger partial charge in [-0.1, -0.05) is 20.8 Å². The van der Waals surface area contributed by atoms with Gasteiger partial charge in [-0.05, 0) is 11.8 Å². The maximum absolute atomic E-state index is 10.9. The zero-order chi connectivity index (χ0) is 7.78. The van der Waals surface area contributed by atoms with Crippen LogP contribution >= 0.6 is 0 Å². The molecular formula is C8H14O2. The Kier molecular flexibility index (Phi) is 1.71. The lowest BCUT2D eigenvalue weighted by molar-refractivity contribution is -0.159. The van der Waals surface area contributed by atoms with Crippen molar-refractivity contribution in [2.24, 2.45) is 11.3 Å². The van der Waals surface area contributed by atoms with Crippen LogP contribution in [0, 0.1) is 11.3 Å². The van der Waals surface area contributed by atoms with Crippen molar-refractivity contribution in [2.75, 3.05) is 6.61 Å². The number of rotatable bonds is 0. The number of carbonyl (C=O) groups excluding carboxylic acids is 1. The number of hydrogen-bond acceptors (Lipinski definition) is 2. The molecule has 1 fully saturated rings. The van der Waals surface area contributed by atoms with Crippen LogP contribution in [0.1, 0.15) is 27.2 Å². The van der Waals surface area contributed by atoms with Crippen molar-refractivity contribution in [2.45, 2.75) is 27.2 Å². The Morgan fingerprint density at radius 2 is 2.20 bits per heavy atom. The Morgan fingerprint density at radius 3 is 2.60 bits per heavy atom. The average Bonchev–Trinajstić information content (AvgIpc) is 1.79. The normalized spacial score (nSPS) is 31.5. The first-order valence-corrected chi connectivity index (χ1v) is 3.68. The molecule has 2 heteroatoms. The second kappa shape index (κ2) is 2.26. The first kappa shape index (κ1) is 7.58. The molecule has 0 N–H and O–H groups in total. The van der Waals surface area contributed by atoms with Crippen LogP contribution in [0.15, 0.2) is 0 Å². The molecule has 58 valence electrons. The maximum atomic E-state index is 10.9. The Morgan fingerprint density at radius 1 is 1.60 bits per heavy atom. The van der Waals surface area contributed by atoms with Gasteiger partial charge in [0, 0.05) is 0 Å². The quantitative estimate of drug-likeness (QED) is 0.480. The summed E-state index contributed by atoms with van der Waals surface area (Å²) in [7, 11) is 0. The van der Waals surface area contributed by atoms with Crippen molar-refractivity contribution in [3.8, 4) is 0 Å². The monoisotopic (exact) mass is 142 g/mol. The fraction of sp³-hybridized carbons (Fsp3) is 0.875. The van der Waals surface area contributed by atoms with Gasteiger partial charge in [0.05, 0.1) is 12.5 Å². The van der Waals surface area contributed by atoms with E-state index in [4.69, 9.17) is 4.74 Å². The number of ether oxygens (including phenoxy) is 1. The van der Waals surface area contributed by atoms with Crippen LogP contribution in [0.4, 0.5) is 0 Å². The predicted molar refractivity (Wildman–Crippen MR) is 38.5 cm³/mol. The molecule has 1 atom stereocenters. The molecule has 0 aromatic carbocycles. The molecule has 0 saturated carbocycles. The van der Waals surface area contributed by atoms with Crippen molar-refractivity contribution in [3.05, 3.63) is 0 Å². The van der Waals surface area contributed by atoms with E-state index in [9.17, 15) is 4.79 Å². The van der Waals surface area contributed by atoms with E-state index in [0.29, 0.717) is 6.61 Å². The van der Waals surface area contributed by atoms with Crippen LogP contribution in [0.3, 0.4) is 0 Å². The SMILES string of the molecule is CC1CC(C)(C)COC1=O. The summed E-state index contributed by atoms with van der Waals surface area (Å²) < 4.78 is 4.97. The summed E-state index contributed by atoms with van der Waals surface area (Å²) in [6, 6.07) is 0. The third-order valence-corrected chi connectivity index (χ3v) is 1.87. The molecule has 10 heavy (non-hydrogen) atoms. The third-order valence-electron chi connectivity index (χ3n) is 1.87. The summed E-state index contributed by atoms with van der Waals surface area (Å²) in [4.78, 5) is 10.9. The molecule has 0 bridgehead atoms. The minimum absolute atomic E-state index is 0.0423. The summed E-state index contributed by atoms with van der Waals surface area (Å²) in [6.07, 6.45) is 0.950. The minimum Gasteiger partial charge on any atom is -0.465 e. The van der Waals surface area contributed by atoms with Crippen molar-refractivity contribution in [3.63, 3.8) is 0 Å². The number of cyclic esters (lactones) is 1. The van der Waals surface area contributed by atoms with E-state index in [1.54, 1.807) is 0 Å². The lowest BCUT2D eigenvalue weighted by atomic mass is 9.82. The largest absolute Gasteiger partial charge is 0.465 e. The Bertz CT molecular complexity index is 149. The van der Waals surface area contributed by atoms with Gasteiger partial charge < -0.3 is 4.74 Å². The van der Waals surface area contributed by atoms with Crippen LogP contribution in [0.5, 0.6) is 0 Å². The fourth-order valence-corrected chi connectivity index (χ4v) is 1.38. The number of hydrogen-bond donors (Lipinski definition) is 0. The summed E-state index contributed by atoms with van der Waals surface area (Å²) >= 11 is 0. The molecule has 1 aliphatic heterocycles. The first-order chi connectivity index (χ1) is 4.51. The van der Waals surface area contributed by atoms with Crippen molar-refractivity contribution in [1.29, 1.82) is 0 Å². The van der Waals surface area contributed by atoms with E-state index in [1.807, 2.05) is 6.92 Å². The van der Waals surface area contributed by atoms with Crippen molar-refractivity contribution >= 4 is 5.97 Å². The van der Waals surface area contributed by atoms with Gasteiger partial charge in [-0.3, -0.25) is 4.79 Å². The second-order valence-corrected chi connectivity index (χ2v) is 3.88. The van der Waals surface area contributed by atoms with Gasteiger partial charge >= 0.3 is 5.97 Å². The first-order valence-electron chi connectivity index (χ1n) is 3.68. The topological polar surface area (TPSA) is 26.3 Å². The molecule has 0 aromatic heterocycles. The summed E-state index contributed by atoms with van der Waals surface area (Å²) in [5.41, 5.74) is 0.188. The molecule has 0 spiro atoms. The highest BCUT2D eigenvalue weighted by molar-refractivity contribution is 5.72. The van der Waals surface area contributed by atoms with Gasteiger partial charge in [-0.2, -0.15) is 0 Å².